The van der Waals surface area contributed by atoms with E-state index in [1.54, 1.807) is 19.2 Å². The van der Waals surface area contributed by atoms with Crippen LogP contribution in [-0.2, 0) is 0 Å². The highest BCUT2D eigenvalue weighted by Gasteiger charge is 2.03. The molecule has 0 aromatic heterocycles. The molecule has 0 unspecified atom stereocenters. The normalized spacial score (nSPS) is 9.95. The lowest BCUT2D eigenvalue weighted by atomic mass is 10.3. The summed E-state index contributed by atoms with van der Waals surface area (Å²) in [5.41, 5.74) is 0.838. The highest BCUT2D eigenvalue weighted by atomic mass is 16.5. The van der Waals surface area contributed by atoms with Gasteiger partial charge in [-0.1, -0.05) is 18.2 Å². The van der Waals surface area contributed by atoms with Gasteiger partial charge in [-0.2, -0.15) is 0 Å². The van der Waals surface area contributed by atoms with Crippen molar-refractivity contribution in [3.63, 3.8) is 0 Å². The first-order valence-electron chi connectivity index (χ1n) is 6.11. The first-order valence-corrected chi connectivity index (χ1v) is 6.11. The maximum atomic E-state index is 9.73. The summed E-state index contributed by atoms with van der Waals surface area (Å²) in [6.07, 6.45) is 0. The summed E-state index contributed by atoms with van der Waals surface area (Å²) in [6.45, 7) is 0.804. The summed E-state index contributed by atoms with van der Waals surface area (Å²) in [5, 5.41) is 12.7. The van der Waals surface area contributed by atoms with Crippen molar-refractivity contribution in [1.29, 1.82) is 0 Å². The molecule has 2 N–H and O–H groups in total. The molecule has 0 fully saturated rings. The molecule has 19 heavy (non-hydrogen) atoms. The lowest BCUT2D eigenvalue weighted by Gasteiger charge is -2.10. The minimum atomic E-state index is 0.117. The Kier molecular flexibility index (Phi) is 4.50. The van der Waals surface area contributed by atoms with Gasteiger partial charge < -0.3 is 19.9 Å². The minimum absolute atomic E-state index is 0.117. The van der Waals surface area contributed by atoms with E-state index in [9.17, 15) is 5.11 Å². The van der Waals surface area contributed by atoms with Gasteiger partial charge in [-0.25, -0.2) is 0 Å². The number of hydrogen-bond acceptors (Lipinski definition) is 4. The Labute approximate surface area is 112 Å². The largest absolute Gasteiger partial charge is 0.504 e. The van der Waals surface area contributed by atoms with E-state index < -0.39 is 0 Å². The van der Waals surface area contributed by atoms with E-state index in [0.29, 0.717) is 19.0 Å². The first kappa shape index (κ1) is 13.1. The maximum Gasteiger partial charge on any atom is 0.161 e. The number of rotatable bonds is 6. The molecule has 0 aliphatic rings. The molecule has 0 heterocycles. The van der Waals surface area contributed by atoms with Crippen LogP contribution in [0.5, 0.6) is 17.2 Å². The predicted molar refractivity (Wildman–Crippen MR) is 75.1 cm³/mol. The van der Waals surface area contributed by atoms with Crippen LogP contribution >= 0.6 is 0 Å². The zero-order chi connectivity index (χ0) is 13.5. The lowest BCUT2D eigenvalue weighted by Crippen LogP contribution is -2.09. The molecule has 0 aliphatic heterocycles. The molecule has 0 radical (unpaired) electrons. The number of phenolic OH excluding ortho intramolecular Hbond substituents is 1. The number of benzene rings is 2. The number of para-hydroxylation sites is 1. The van der Waals surface area contributed by atoms with Crippen molar-refractivity contribution in [2.24, 2.45) is 0 Å². The van der Waals surface area contributed by atoms with E-state index in [1.165, 1.54) is 0 Å². The topological polar surface area (TPSA) is 50.7 Å². The molecule has 100 valence electrons. The number of ether oxygens (including phenoxy) is 2. The van der Waals surface area contributed by atoms with Crippen LogP contribution in [0.3, 0.4) is 0 Å². The highest BCUT2D eigenvalue weighted by molar-refractivity contribution is 5.53. The van der Waals surface area contributed by atoms with E-state index >= 15 is 0 Å². The van der Waals surface area contributed by atoms with E-state index in [0.717, 1.165) is 11.4 Å². The molecule has 0 bridgehead atoms. The van der Waals surface area contributed by atoms with Gasteiger partial charge in [0.05, 0.1) is 0 Å². The molecule has 0 aliphatic carbocycles. The smallest absolute Gasteiger partial charge is 0.161 e. The van der Waals surface area contributed by atoms with E-state index in [1.807, 2.05) is 36.4 Å². The number of nitrogens with one attached hydrogen (secondary N) is 1. The fourth-order valence-electron chi connectivity index (χ4n) is 1.62. The van der Waals surface area contributed by atoms with Gasteiger partial charge in [0, 0.05) is 18.8 Å². The molecule has 4 nitrogen and oxygen atoms in total. The second-order valence-corrected chi connectivity index (χ2v) is 3.94. The second kappa shape index (κ2) is 6.54. The van der Waals surface area contributed by atoms with Crippen LogP contribution in [0.15, 0.2) is 48.5 Å². The Morgan fingerprint density at radius 1 is 1.00 bits per heavy atom. The zero-order valence-corrected chi connectivity index (χ0v) is 10.8. The summed E-state index contributed by atoms with van der Waals surface area (Å²) in [7, 11) is 1.79. The second-order valence-electron chi connectivity index (χ2n) is 3.94. The quantitative estimate of drug-likeness (QED) is 0.783. The van der Waals surface area contributed by atoms with E-state index in [4.69, 9.17) is 9.47 Å². The predicted octanol–water partition coefficient (Wildman–Crippen LogP) is 2.89. The zero-order valence-electron chi connectivity index (χ0n) is 10.8. The van der Waals surface area contributed by atoms with Crippen LogP contribution in [0.25, 0.3) is 0 Å². The Morgan fingerprint density at radius 2 is 1.74 bits per heavy atom. The fraction of sp³-hybridized carbons (Fsp3) is 0.200. The minimum Gasteiger partial charge on any atom is -0.504 e. The van der Waals surface area contributed by atoms with Gasteiger partial charge in [0.2, 0.25) is 0 Å². The first-order chi connectivity index (χ1) is 9.29. The maximum absolute atomic E-state index is 9.73. The standard InChI is InChI=1S/C15H17NO3/c1-16-12-7-8-15(14(17)11-12)19-10-9-18-13-5-3-2-4-6-13/h2-8,11,16-17H,9-10H2,1H3. The van der Waals surface area contributed by atoms with Gasteiger partial charge >= 0.3 is 0 Å². The summed E-state index contributed by atoms with van der Waals surface area (Å²) in [5.74, 6) is 1.38. The highest BCUT2D eigenvalue weighted by Crippen LogP contribution is 2.28. The Morgan fingerprint density at radius 3 is 2.42 bits per heavy atom. The summed E-state index contributed by atoms with van der Waals surface area (Å²) < 4.78 is 10.9. The van der Waals surface area contributed by atoms with Gasteiger partial charge in [-0.05, 0) is 24.3 Å². The average molecular weight is 259 g/mol. The van der Waals surface area contributed by atoms with Gasteiger partial charge in [0.25, 0.3) is 0 Å². The van der Waals surface area contributed by atoms with Crippen LogP contribution in [0.1, 0.15) is 0 Å². The van der Waals surface area contributed by atoms with Gasteiger partial charge in [0.15, 0.2) is 11.5 Å². The average Bonchev–Trinajstić information content (AvgIpc) is 2.46. The van der Waals surface area contributed by atoms with E-state index in [-0.39, 0.29) is 5.75 Å². The van der Waals surface area contributed by atoms with Crippen molar-refractivity contribution in [2.45, 2.75) is 0 Å². The number of hydrogen-bond donors (Lipinski definition) is 2. The third-order valence-electron chi connectivity index (χ3n) is 2.60. The fourth-order valence-corrected chi connectivity index (χ4v) is 1.62. The third-order valence-corrected chi connectivity index (χ3v) is 2.60. The van der Waals surface area contributed by atoms with Gasteiger partial charge in [-0.3, -0.25) is 0 Å². The molecule has 4 heteroatoms. The number of anilines is 1. The molecular formula is C15H17NO3. The Balaban J connectivity index is 1.80. The van der Waals surface area contributed by atoms with Crippen LogP contribution in [-0.4, -0.2) is 25.4 Å². The van der Waals surface area contributed by atoms with E-state index in [2.05, 4.69) is 5.32 Å². The van der Waals surface area contributed by atoms with Crippen molar-refractivity contribution in [1.82, 2.24) is 0 Å². The molecule has 2 aromatic rings. The van der Waals surface area contributed by atoms with Crippen molar-refractivity contribution in [3.8, 4) is 17.2 Å². The van der Waals surface area contributed by atoms with Crippen LogP contribution in [0.2, 0.25) is 0 Å². The van der Waals surface area contributed by atoms with Crippen molar-refractivity contribution < 1.29 is 14.6 Å². The van der Waals surface area contributed by atoms with Crippen LogP contribution < -0.4 is 14.8 Å². The molecular weight excluding hydrogens is 242 g/mol. The number of phenols is 1. The Hall–Kier alpha value is -2.36. The summed E-state index contributed by atoms with van der Waals surface area (Å²) >= 11 is 0. The third kappa shape index (κ3) is 3.81. The van der Waals surface area contributed by atoms with Gasteiger partial charge in [0.1, 0.15) is 19.0 Å². The van der Waals surface area contributed by atoms with Crippen molar-refractivity contribution in [3.05, 3.63) is 48.5 Å². The summed E-state index contributed by atoms with van der Waals surface area (Å²) in [4.78, 5) is 0. The van der Waals surface area contributed by atoms with Gasteiger partial charge in [-0.15, -0.1) is 0 Å². The molecule has 0 spiro atoms. The molecule has 0 saturated carbocycles. The SMILES string of the molecule is CNc1ccc(OCCOc2ccccc2)c(O)c1. The van der Waals surface area contributed by atoms with Crippen molar-refractivity contribution >= 4 is 5.69 Å². The molecule has 2 aromatic carbocycles. The monoisotopic (exact) mass is 259 g/mol. The Bertz CT molecular complexity index is 514. The number of aromatic hydroxyl groups is 1. The summed E-state index contributed by atoms with van der Waals surface area (Å²) in [6, 6.07) is 14.7. The van der Waals surface area contributed by atoms with Crippen LogP contribution in [0.4, 0.5) is 5.69 Å². The molecule has 2 rings (SSSR count). The van der Waals surface area contributed by atoms with Crippen molar-refractivity contribution in [2.75, 3.05) is 25.6 Å². The van der Waals surface area contributed by atoms with Crippen LogP contribution in [0, 0.1) is 0 Å². The lowest BCUT2D eigenvalue weighted by molar-refractivity contribution is 0.212. The molecule has 0 amide bonds. The molecule has 0 atom stereocenters. The molecule has 0 saturated heterocycles.